The molecule has 3 N–H and O–H groups in total. The molecular formula is C21H30N2O3. The highest BCUT2D eigenvalue weighted by molar-refractivity contribution is 5.99. The third-order valence-electron chi connectivity index (χ3n) is 8.41. The van der Waals surface area contributed by atoms with Crippen molar-refractivity contribution in [2.75, 3.05) is 0 Å². The van der Waals surface area contributed by atoms with Crippen molar-refractivity contribution in [3.63, 3.8) is 0 Å². The van der Waals surface area contributed by atoms with Crippen LogP contribution in [0.4, 0.5) is 0 Å². The number of oxime groups is 2. The number of hydrogen-bond acceptors (Lipinski definition) is 5. The number of fused-ring (bicyclic) bond motifs is 5. The summed E-state index contributed by atoms with van der Waals surface area (Å²) in [6.07, 6.45) is 10.4. The summed E-state index contributed by atoms with van der Waals surface area (Å²) in [5.74, 6) is 0.635. The summed E-state index contributed by atoms with van der Waals surface area (Å²) in [6.45, 7) is 6.38. The van der Waals surface area contributed by atoms with Crippen molar-refractivity contribution in [2.45, 2.75) is 71.3 Å². The minimum absolute atomic E-state index is 0.0167. The maximum absolute atomic E-state index is 12.0. The summed E-state index contributed by atoms with van der Waals surface area (Å²) in [4.78, 5) is 0. The van der Waals surface area contributed by atoms with Gasteiger partial charge in [-0.05, 0) is 80.8 Å². The van der Waals surface area contributed by atoms with E-state index >= 15 is 0 Å². The van der Waals surface area contributed by atoms with Gasteiger partial charge in [-0.2, -0.15) is 0 Å². The highest BCUT2D eigenvalue weighted by Crippen LogP contribution is 2.67. The molecule has 0 spiro atoms. The molecule has 0 bridgehead atoms. The molecular weight excluding hydrogens is 328 g/mol. The highest BCUT2D eigenvalue weighted by atomic mass is 16.4. The Bertz CT molecular complexity index is 752. The maximum atomic E-state index is 12.0. The van der Waals surface area contributed by atoms with E-state index in [1.807, 2.05) is 13.0 Å². The number of allylic oxidation sites excluding steroid dienone is 3. The summed E-state index contributed by atoms with van der Waals surface area (Å²) >= 11 is 0. The molecule has 4 aliphatic carbocycles. The van der Waals surface area contributed by atoms with Crippen LogP contribution in [0, 0.1) is 22.7 Å². The predicted molar refractivity (Wildman–Crippen MR) is 101 cm³/mol. The summed E-state index contributed by atoms with van der Waals surface area (Å²) in [7, 11) is 0. The number of aliphatic hydroxyl groups is 1. The predicted octanol–water partition coefficient (Wildman–Crippen LogP) is 4.28. The Morgan fingerprint density at radius 3 is 2.58 bits per heavy atom. The van der Waals surface area contributed by atoms with Crippen molar-refractivity contribution < 1.29 is 15.5 Å². The van der Waals surface area contributed by atoms with E-state index in [1.165, 1.54) is 5.57 Å². The van der Waals surface area contributed by atoms with Gasteiger partial charge in [0.2, 0.25) is 0 Å². The van der Waals surface area contributed by atoms with Gasteiger partial charge in [0.25, 0.3) is 0 Å². The number of rotatable bonds is 1. The topological polar surface area (TPSA) is 85.4 Å². The monoisotopic (exact) mass is 358 g/mol. The van der Waals surface area contributed by atoms with Crippen molar-refractivity contribution in [1.82, 2.24) is 0 Å². The van der Waals surface area contributed by atoms with Gasteiger partial charge in [-0.1, -0.05) is 35.8 Å². The quantitative estimate of drug-likeness (QED) is 0.371. The fraction of sp³-hybridized carbons (Fsp3) is 0.714. The van der Waals surface area contributed by atoms with Crippen molar-refractivity contribution in [2.24, 2.45) is 33.0 Å². The van der Waals surface area contributed by atoms with E-state index in [9.17, 15) is 10.3 Å². The first kappa shape index (κ1) is 17.8. The van der Waals surface area contributed by atoms with Crippen LogP contribution in [-0.2, 0) is 0 Å². The molecule has 5 atom stereocenters. The van der Waals surface area contributed by atoms with Gasteiger partial charge in [-0.15, -0.1) is 0 Å². The van der Waals surface area contributed by atoms with E-state index in [4.69, 9.17) is 5.21 Å². The maximum Gasteiger partial charge on any atom is 0.0799 e. The zero-order chi connectivity index (χ0) is 18.7. The second-order valence-corrected chi connectivity index (χ2v) is 9.23. The van der Waals surface area contributed by atoms with Gasteiger partial charge in [0.05, 0.1) is 17.0 Å². The molecule has 0 heterocycles. The van der Waals surface area contributed by atoms with Crippen LogP contribution in [0.5, 0.6) is 0 Å². The van der Waals surface area contributed by atoms with E-state index in [2.05, 4.69) is 30.2 Å². The molecule has 26 heavy (non-hydrogen) atoms. The van der Waals surface area contributed by atoms with Crippen LogP contribution in [0.1, 0.15) is 65.7 Å². The van der Waals surface area contributed by atoms with Crippen molar-refractivity contribution in [1.29, 1.82) is 0 Å². The standard InChI is InChI=1S/C21H30N2O3/c1-13(22-25)16-6-7-17-18-5-4-14-12-15(23-26)8-9-20(14,3)21(18,24)11-10-19(16,17)2/h6,12,17-18,24-26H,4-5,7-11H2,1-3H3/b22-13-,23-15-/t17-,18-,19+,20-,21+/m0/s1. The van der Waals surface area contributed by atoms with Crippen LogP contribution < -0.4 is 0 Å². The van der Waals surface area contributed by atoms with Crippen LogP contribution in [0.2, 0.25) is 0 Å². The first-order chi connectivity index (χ1) is 12.3. The van der Waals surface area contributed by atoms with Gasteiger partial charge in [0.15, 0.2) is 0 Å². The van der Waals surface area contributed by atoms with Gasteiger partial charge in [0, 0.05) is 5.41 Å². The lowest BCUT2D eigenvalue weighted by atomic mass is 9.44. The summed E-state index contributed by atoms with van der Waals surface area (Å²) in [5.41, 5.74) is 2.89. The van der Waals surface area contributed by atoms with Crippen LogP contribution in [0.25, 0.3) is 0 Å². The molecule has 142 valence electrons. The fourth-order valence-corrected chi connectivity index (χ4v) is 6.78. The molecule has 0 saturated heterocycles. The smallest absolute Gasteiger partial charge is 0.0799 e. The summed E-state index contributed by atoms with van der Waals surface area (Å²) < 4.78 is 0. The van der Waals surface area contributed by atoms with Gasteiger partial charge in [0.1, 0.15) is 0 Å². The number of hydrogen-bond donors (Lipinski definition) is 3. The van der Waals surface area contributed by atoms with Crippen LogP contribution in [0.15, 0.2) is 33.6 Å². The Balaban J connectivity index is 1.72. The van der Waals surface area contributed by atoms with E-state index in [-0.39, 0.29) is 16.7 Å². The van der Waals surface area contributed by atoms with Gasteiger partial charge >= 0.3 is 0 Å². The molecule has 0 aromatic heterocycles. The first-order valence-corrected chi connectivity index (χ1v) is 9.84. The van der Waals surface area contributed by atoms with E-state index in [0.717, 1.165) is 49.8 Å². The third kappa shape index (κ3) is 2.07. The van der Waals surface area contributed by atoms with Gasteiger partial charge in [-0.25, -0.2) is 0 Å². The lowest BCUT2D eigenvalue weighted by Gasteiger charge is -2.62. The molecule has 4 aliphatic rings. The lowest BCUT2D eigenvalue weighted by Crippen LogP contribution is -2.63. The molecule has 0 amide bonds. The Kier molecular flexibility index (Phi) is 3.89. The SMILES string of the molecule is C/C(=N/O)C1=CC[C@H]2[C@@H]3CCC4=C/C(=N\O)CC[C@]4(C)[C@@]3(O)CC[C@]12C. The zero-order valence-electron chi connectivity index (χ0n) is 16.0. The number of nitrogens with zero attached hydrogens (tertiary/aromatic N) is 2. The molecule has 2 fully saturated rings. The Labute approximate surface area is 155 Å². The van der Waals surface area contributed by atoms with E-state index in [1.54, 1.807) is 0 Å². The van der Waals surface area contributed by atoms with E-state index < -0.39 is 5.60 Å². The molecule has 2 saturated carbocycles. The van der Waals surface area contributed by atoms with Gasteiger partial charge < -0.3 is 15.5 Å². The zero-order valence-corrected chi connectivity index (χ0v) is 16.0. The first-order valence-electron chi connectivity index (χ1n) is 9.84. The molecule has 5 nitrogen and oxygen atoms in total. The van der Waals surface area contributed by atoms with Gasteiger partial charge in [-0.3, -0.25) is 0 Å². The Morgan fingerprint density at radius 1 is 1.12 bits per heavy atom. The van der Waals surface area contributed by atoms with Crippen LogP contribution in [0.3, 0.4) is 0 Å². The van der Waals surface area contributed by atoms with Crippen LogP contribution >= 0.6 is 0 Å². The average molecular weight is 358 g/mol. The second kappa shape index (κ2) is 5.69. The Hall–Kier alpha value is -1.62. The van der Waals surface area contributed by atoms with Crippen molar-refractivity contribution >= 4 is 11.4 Å². The minimum atomic E-state index is -0.713. The lowest BCUT2D eigenvalue weighted by molar-refractivity contribution is -0.182. The highest BCUT2D eigenvalue weighted by Gasteiger charge is 2.64. The largest absolute Gasteiger partial charge is 0.411 e. The molecule has 0 aliphatic heterocycles. The molecule has 4 rings (SSSR count). The molecule has 5 heteroatoms. The average Bonchev–Trinajstić information content (AvgIpc) is 2.98. The normalized spacial score (nSPS) is 46.9. The Morgan fingerprint density at radius 2 is 1.88 bits per heavy atom. The molecule has 0 radical (unpaired) electrons. The third-order valence-corrected chi connectivity index (χ3v) is 8.41. The fourth-order valence-electron chi connectivity index (χ4n) is 6.78. The van der Waals surface area contributed by atoms with E-state index in [0.29, 0.717) is 18.1 Å². The second-order valence-electron chi connectivity index (χ2n) is 9.23. The molecule has 0 aromatic carbocycles. The molecule has 0 aromatic rings. The molecule has 0 unspecified atom stereocenters. The van der Waals surface area contributed by atoms with Crippen molar-refractivity contribution in [3.8, 4) is 0 Å². The minimum Gasteiger partial charge on any atom is -0.411 e. The van der Waals surface area contributed by atoms with Crippen molar-refractivity contribution in [3.05, 3.63) is 23.3 Å². The van der Waals surface area contributed by atoms with Crippen LogP contribution in [-0.4, -0.2) is 32.5 Å². The summed E-state index contributed by atoms with van der Waals surface area (Å²) in [6, 6.07) is 0. The summed E-state index contributed by atoms with van der Waals surface area (Å²) in [5, 5.41) is 37.3.